The van der Waals surface area contributed by atoms with Gasteiger partial charge in [-0.05, 0) is 19.1 Å². The standard InChI is InChI=1S/C12H13N3OS/c1-8-14-6-9(17-8)7-15-12(16)10-4-2-3-5-11(10)13/h2-6H,7,13H2,1H3,(H,15,16). The van der Waals surface area contributed by atoms with Crippen molar-refractivity contribution < 1.29 is 4.79 Å². The number of hydrogen-bond acceptors (Lipinski definition) is 4. The molecule has 1 aromatic heterocycles. The lowest BCUT2D eigenvalue weighted by molar-refractivity contribution is 0.0952. The minimum Gasteiger partial charge on any atom is -0.398 e. The van der Waals surface area contributed by atoms with Crippen molar-refractivity contribution >= 4 is 22.9 Å². The highest BCUT2D eigenvalue weighted by Gasteiger charge is 2.08. The third kappa shape index (κ3) is 2.82. The van der Waals surface area contributed by atoms with Crippen molar-refractivity contribution in [2.75, 3.05) is 5.73 Å². The number of aryl methyl sites for hydroxylation is 1. The van der Waals surface area contributed by atoms with Crippen molar-refractivity contribution in [1.82, 2.24) is 10.3 Å². The first-order valence-electron chi connectivity index (χ1n) is 5.21. The number of rotatable bonds is 3. The molecule has 0 spiro atoms. The Kier molecular flexibility index (Phi) is 3.39. The molecule has 1 aromatic carbocycles. The fourth-order valence-corrected chi connectivity index (χ4v) is 2.19. The second kappa shape index (κ2) is 4.97. The summed E-state index contributed by atoms with van der Waals surface area (Å²) < 4.78 is 0. The minimum absolute atomic E-state index is 0.158. The second-order valence-corrected chi connectivity index (χ2v) is 4.93. The molecule has 0 saturated heterocycles. The van der Waals surface area contributed by atoms with Crippen LogP contribution < -0.4 is 11.1 Å². The average Bonchev–Trinajstić information content (AvgIpc) is 2.73. The molecule has 88 valence electrons. The molecule has 0 saturated carbocycles. The van der Waals surface area contributed by atoms with Gasteiger partial charge in [0.05, 0.1) is 17.1 Å². The molecule has 0 atom stereocenters. The molecule has 2 rings (SSSR count). The Labute approximate surface area is 103 Å². The number of nitrogens with zero attached hydrogens (tertiary/aromatic N) is 1. The third-order valence-corrected chi connectivity index (χ3v) is 3.21. The summed E-state index contributed by atoms with van der Waals surface area (Å²) in [6.07, 6.45) is 1.77. The van der Waals surface area contributed by atoms with Crippen LogP contribution in [0.5, 0.6) is 0 Å². The van der Waals surface area contributed by atoms with Crippen LogP contribution in [-0.4, -0.2) is 10.9 Å². The zero-order valence-electron chi connectivity index (χ0n) is 9.43. The van der Waals surface area contributed by atoms with Gasteiger partial charge in [0.2, 0.25) is 0 Å². The predicted octanol–water partition coefficient (Wildman–Crippen LogP) is 1.96. The number of hydrogen-bond donors (Lipinski definition) is 2. The van der Waals surface area contributed by atoms with Crippen molar-refractivity contribution in [3.8, 4) is 0 Å². The first-order valence-corrected chi connectivity index (χ1v) is 6.02. The highest BCUT2D eigenvalue weighted by molar-refractivity contribution is 7.11. The summed E-state index contributed by atoms with van der Waals surface area (Å²) in [7, 11) is 0. The van der Waals surface area contributed by atoms with Crippen LogP contribution in [0.3, 0.4) is 0 Å². The number of para-hydroxylation sites is 1. The molecule has 2 aromatic rings. The molecule has 0 aliphatic rings. The summed E-state index contributed by atoms with van der Waals surface area (Å²) in [5, 5.41) is 3.81. The molecule has 0 aliphatic heterocycles. The topological polar surface area (TPSA) is 68.0 Å². The largest absolute Gasteiger partial charge is 0.398 e. The lowest BCUT2D eigenvalue weighted by Gasteiger charge is -2.05. The summed E-state index contributed by atoms with van der Waals surface area (Å²) in [6.45, 7) is 2.42. The maximum atomic E-state index is 11.8. The van der Waals surface area contributed by atoms with E-state index in [-0.39, 0.29) is 5.91 Å². The van der Waals surface area contributed by atoms with Crippen molar-refractivity contribution in [2.45, 2.75) is 13.5 Å². The zero-order valence-corrected chi connectivity index (χ0v) is 10.3. The van der Waals surface area contributed by atoms with E-state index >= 15 is 0 Å². The molecule has 0 radical (unpaired) electrons. The first-order chi connectivity index (χ1) is 8.16. The van der Waals surface area contributed by atoms with Gasteiger partial charge in [0.15, 0.2) is 0 Å². The Hall–Kier alpha value is -1.88. The number of nitrogens with two attached hydrogens (primary N) is 1. The second-order valence-electron chi connectivity index (χ2n) is 3.62. The average molecular weight is 247 g/mol. The van der Waals surface area contributed by atoms with Gasteiger partial charge in [-0.1, -0.05) is 12.1 Å². The maximum absolute atomic E-state index is 11.8. The summed E-state index contributed by atoms with van der Waals surface area (Å²) in [6, 6.07) is 7.02. The summed E-state index contributed by atoms with van der Waals surface area (Å²) >= 11 is 1.57. The van der Waals surface area contributed by atoms with Crippen LogP contribution >= 0.6 is 11.3 Å². The van der Waals surface area contributed by atoms with E-state index in [2.05, 4.69) is 10.3 Å². The number of aromatic nitrogens is 1. The van der Waals surface area contributed by atoms with Crippen LogP contribution in [0.15, 0.2) is 30.5 Å². The molecule has 0 fully saturated rings. The summed E-state index contributed by atoms with van der Waals surface area (Å²) in [5.74, 6) is -0.158. The molecule has 0 bridgehead atoms. The van der Waals surface area contributed by atoms with Gasteiger partial charge >= 0.3 is 0 Å². The number of carbonyl (C=O) groups is 1. The van der Waals surface area contributed by atoms with Crippen LogP contribution in [0.25, 0.3) is 0 Å². The smallest absolute Gasteiger partial charge is 0.253 e. The number of nitrogen functional groups attached to an aromatic ring is 1. The molecule has 5 heteroatoms. The number of benzene rings is 1. The number of nitrogens with one attached hydrogen (secondary N) is 1. The van der Waals surface area contributed by atoms with Gasteiger partial charge in [-0.3, -0.25) is 4.79 Å². The molecule has 0 aliphatic carbocycles. The van der Waals surface area contributed by atoms with E-state index in [9.17, 15) is 4.79 Å². The van der Waals surface area contributed by atoms with E-state index in [0.717, 1.165) is 9.88 Å². The van der Waals surface area contributed by atoms with Crippen LogP contribution in [0, 0.1) is 6.92 Å². The Balaban J connectivity index is 2.01. The SMILES string of the molecule is Cc1ncc(CNC(=O)c2ccccc2N)s1. The highest BCUT2D eigenvalue weighted by atomic mass is 32.1. The highest BCUT2D eigenvalue weighted by Crippen LogP contribution is 2.13. The maximum Gasteiger partial charge on any atom is 0.253 e. The molecule has 1 heterocycles. The Morgan fingerprint density at radius 3 is 2.88 bits per heavy atom. The quantitative estimate of drug-likeness (QED) is 0.815. The number of amides is 1. The summed E-state index contributed by atoms with van der Waals surface area (Å²) in [4.78, 5) is 17.0. The van der Waals surface area contributed by atoms with Gasteiger partial charge in [0.25, 0.3) is 5.91 Å². The van der Waals surface area contributed by atoms with Crippen molar-refractivity contribution in [2.24, 2.45) is 0 Å². The number of thiazole rings is 1. The fraction of sp³-hybridized carbons (Fsp3) is 0.167. The molecular weight excluding hydrogens is 234 g/mol. The fourth-order valence-electron chi connectivity index (χ4n) is 1.45. The van der Waals surface area contributed by atoms with Crippen molar-refractivity contribution in [1.29, 1.82) is 0 Å². The Morgan fingerprint density at radius 1 is 1.47 bits per heavy atom. The van der Waals surface area contributed by atoms with E-state index in [1.165, 1.54) is 0 Å². The van der Waals surface area contributed by atoms with Crippen LogP contribution in [0.4, 0.5) is 5.69 Å². The lowest BCUT2D eigenvalue weighted by Crippen LogP contribution is -2.23. The lowest BCUT2D eigenvalue weighted by atomic mass is 10.1. The third-order valence-electron chi connectivity index (χ3n) is 2.30. The van der Waals surface area contributed by atoms with Gasteiger partial charge in [0, 0.05) is 16.8 Å². The first kappa shape index (κ1) is 11.6. The van der Waals surface area contributed by atoms with Crippen LogP contribution in [-0.2, 0) is 6.54 Å². The van der Waals surface area contributed by atoms with Crippen LogP contribution in [0.1, 0.15) is 20.2 Å². The molecule has 4 nitrogen and oxygen atoms in total. The van der Waals surface area contributed by atoms with Crippen molar-refractivity contribution in [3.63, 3.8) is 0 Å². The van der Waals surface area contributed by atoms with Gasteiger partial charge in [-0.25, -0.2) is 4.98 Å². The Bertz CT molecular complexity index is 536. The minimum atomic E-state index is -0.158. The summed E-state index contributed by atoms with van der Waals surface area (Å²) in [5.41, 5.74) is 6.72. The Morgan fingerprint density at radius 2 is 2.24 bits per heavy atom. The van der Waals surface area contributed by atoms with E-state index in [0.29, 0.717) is 17.8 Å². The van der Waals surface area contributed by atoms with E-state index in [1.807, 2.05) is 6.92 Å². The number of carbonyl (C=O) groups excluding carboxylic acids is 1. The number of anilines is 1. The van der Waals surface area contributed by atoms with Crippen molar-refractivity contribution in [3.05, 3.63) is 45.9 Å². The molecule has 3 N–H and O–H groups in total. The van der Waals surface area contributed by atoms with Gasteiger partial charge in [-0.2, -0.15) is 0 Å². The van der Waals surface area contributed by atoms with Crippen LogP contribution in [0.2, 0.25) is 0 Å². The van der Waals surface area contributed by atoms with E-state index in [1.54, 1.807) is 41.8 Å². The molecule has 17 heavy (non-hydrogen) atoms. The molecule has 0 unspecified atom stereocenters. The van der Waals surface area contributed by atoms with Gasteiger partial charge in [0.1, 0.15) is 0 Å². The van der Waals surface area contributed by atoms with Gasteiger partial charge < -0.3 is 11.1 Å². The normalized spacial score (nSPS) is 10.2. The molecule has 1 amide bonds. The van der Waals surface area contributed by atoms with E-state index < -0.39 is 0 Å². The molecular formula is C12H13N3OS. The predicted molar refractivity (Wildman–Crippen MR) is 68.9 cm³/mol. The zero-order chi connectivity index (χ0) is 12.3. The van der Waals surface area contributed by atoms with Gasteiger partial charge in [-0.15, -0.1) is 11.3 Å². The monoisotopic (exact) mass is 247 g/mol. The van der Waals surface area contributed by atoms with E-state index in [4.69, 9.17) is 5.73 Å².